The molecule has 2 fully saturated rings. The molecule has 0 unspecified atom stereocenters. The zero-order valence-corrected chi connectivity index (χ0v) is 27.0. The van der Waals surface area contributed by atoms with E-state index in [-0.39, 0.29) is 30.8 Å². The van der Waals surface area contributed by atoms with Crippen molar-refractivity contribution in [3.63, 3.8) is 0 Å². The first-order valence-corrected chi connectivity index (χ1v) is 16.0. The molecule has 4 aromatic rings. The molecule has 1 aliphatic carbocycles. The second kappa shape index (κ2) is 13.2. The van der Waals surface area contributed by atoms with Crippen LogP contribution < -0.4 is 10.1 Å². The normalized spacial score (nSPS) is 19.5. The van der Waals surface area contributed by atoms with Crippen molar-refractivity contribution in [1.29, 1.82) is 0 Å². The number of anilines is 1. The number of benzene rings is 2. The molecule has 3 atom stereocenters. The molecule has 3 heterocycles. The lowest BCUT2D eigenvalue weighted by atomic mass is 9.96. The van der Waals surface area contributed by atoms with Crippen molar-refractivity contribution in [3.8, 4) is 22.9 Å². The van der Waals surface area contributed by atoms with Crippen LogP contribution in [0.5, 0.6) is 11.6 Å². The molecule has 9 nitrogen and oxygen atoms in total. The molecule has 47 heavy (non-hydrogen) atoms. The van der Waals surface area contributed by atoms with Crippen molar-refractivity contribution in [1.82, 2.24) is 19.9 Å². The lowest BCUT2D eigenvalue weighted by molar-refractivity contribution is -0.120. The fourth-order valence-electron chi connectivity index (χ4n) is 6.09. The summed E-state index contributed by atoms with van der Waals surface area (Å²) in [5, 5.41) is 5.01. The van der Waals surface area contributed by atoms with E-state index in [2.05, 4.69) is 15.3 Å². The summed E-state index contributed by atoms with van der Waals surface area (Å²) in [5.74, 6) is -0.193. The zero-order valence-electron chi connectivity index (χ0n) is 27.0. The quantitative estimate of drug-likeness (QED) is 0.199. The Hall–Kier alpha value is -4.67. The molecule has 1 saturated carbocycles. The third-order valence-corrected chi connectivity index (χ3v) is 8.55. The number of amides is 1. The van der Waals surface area contributed by atoms with Gasteiger partial charge in [0.1, 0.15) is 17.1 Å². The van der Waals surface area contributed by atoms with E-state index in [4.69, 9.17) is 14.5 Å². The number of Topliss-reactive ketones (excluding diaryl/α,β-unsaturated/α-hetero) is 1. The summed E-state index contributed by atoms with van der Waals surface area (Å²) in [5.41, 5.74) is 2.34. The van der Waals surface area contributed by atoms with Crippen LogP contribution in [0.3, 0.4) is 0 Å². The van der Waals surface area contributed by atoms with Crippen molar-refractivity contribution >= 4 is 28.6 Å². The number of nitrogens with one attached hydrogen (secondary N) is 1. The highest BCUT2D eigenvalue weighted by molar-refractivity contribution is 5.96. The van der Waals surface area contributed by atoms with Crippen molar-refractivity contribution in [2.75, 3.05) is 18.4 Å². The fraction of sp³-hybridized carbons (Fsp3) is 0.417. The molecular formula is C36H39F2N5O4. The number of carbonyl (C=O) groups is 2. The van der Waals surface area contributed by atoms with E-state index in [0.29, 0.717) is 41.9 Å². The van der Waals surface area contributed by atoms with Gasteiger partial charge in [0, 0.05) is 55.2 Å². The molecular weight excluding hydrogens is 604 g/mol. The van der Waals surface area contributed by atoms with Crippen molar-refractivity contribution < 1.29 is 27.8 Å². The van der Waals surface area contributed by atoms with E-state index in [1.54, 1.807) is 23.4 Å². The van der Waals surface area contributed by atoms with Crippen LogP contribution in [0.1, 0.15) is 51.2 Å². The first-order chi connectivity index (χ1) is 22.5. The third-order valence-electron chi connectivity index (χ3n) is 8.55. The van der Waals surface area contributed by atoms with Crippen molar-refractivity contribution in [2.24, 2.45) is 11.8 Å². The Kier molecular flexibility index (Phi) is 9.07. The molecule has 2 aromatic carbocycles. The minimum absolute atomic E-state index is 0.0447. The number of alkyl halides is 2. The lowest BCUT2D eigenvalue weighted by Crippen LogP contribution is -2.47. The highest BCUT2D eigenvalue weighted by Gasteiger charge is 2.48. The molecule has 6 rings (SSSR count). The molecule has 2 aromatic heterocycles. The van der Waals surface area contributed by atoms with Crippen molar-refractivity contribution in [3.05, 3.63) is 72.1 Å². The lowest BCUT2D eigenvalue weighted by Gasteiger charge is -2.34. The van der Waals surface area contributed by atoms with Gasteiger partial charge in [-0.15, -0.1) is 0 Å². The fourth-order valence-corrected chi connectivity index (χ4v) is 6.09. The Morgan fingerprint density at radius 1 is 1.04 bits per heavy atom. The smallest absolute Gasteiger partial charge is 0.410 e. The van der Waals surface area contributed by atoms with E-state index >= 15 is 0 Å². The molecule has 246 valence electrons. The second-order valence-corrected chi connectivity index (χ2v) is 13.3. The second-order valence-electron chi connectivity index (χ2n) is 13.3. The highest BCUT2D eigenvalue weighted by atomic mass is 19.3. The van der Waals surface area contributed by atoms with E-state index in [9.17, 15) is 18.4 Å². The molecule has 0 spiro atoms. The van der Waals surface area contributed by atoms with Gasteiger partial charge in [-0.05, 0) is 81.7 Å². The number of hydrogen-bond donors (Lipinski definition) is 1. The summed E-state index contributed by atoms with van der Waals surface area (Å²) in [6.45, 7) is 8.61. The summed E-state index contributed by atoms with van der Waals surface area (Å²) in [7, 11) is 0. The number of fused-ring (bicyclic) bond motifs is 1. The number of carbonyl (C=O) groups excluding carboxylic acids is 2. The molecule has 1 N–H and O–H groups in total. The summed E-state index contributed by atoms with van der Waals surface area (Å²) in [6, 6.07) is 14.9. The summed E-state index contributed by atoms with van der Waals surface area (Å²) < 4.78 is 38.3. The number of ether oxygens (including phenoxy) is 2. The van der Waals surface area contributed by atoms with Gasteiger partial charge in [0.15, 0.2) is 0 Å². The number of piperidine rings is 1. The third kappa shape index (κ3) is 7.50. The van der Waals surface area contributed by atoms with Crippen LogP contribution in [-0.4, -0.2) is 62.9 Å². The summed E-state index contributed by atoms with van der Waals surface area (Å²) >= 11 is 0. The molecule has 11 heteroatoms. The minimum atomic E-state index is -2.46. The largest absolute Gasteiger partial charge is 0.444 e. The van der Waals surface area contributed by atoms with Gasteiger partial charge in [0.05, 0.1) is 11.3 Å². The monoisotopic (exact) mass is 643 g/mol. The number of rotatable bonds is 9. The van der Waals surface area contributed by atoms with E-state index in [1.165, 1.54) is 0 Å². The van der Waals surface area contributed by atoms with Crippen LogP contribution in [0, 0.1) is 18.8 Å². The van der Waals surface area contributed by atoms with Gasteiger partial charge in [-0.25, -0.2) is 28.5 Å². The van der Waals surface area contributed by atoms with Gasteiger partial charge in [0.25, 0.3) is 0 Å². The first kappa shape index (κ1) is 32.3. The van der Waals surface area contributed by atoms with E-state index < -0.39 is 23.9 Å². The summed E-state index contributed by atoms with van der Waals surface area (Å²) in [4.78, 5) is 40.9. The average Bonchev–Trinajstić information content (AvgIpc) is 3.84. The molecule has 2 aliphatic rings. The average molecular weight is 644 g/mol. The van der Waals surface area contributed by atoms with Crippen LogP contribution in [0.15, 0.2) is 60.9 Å². The maximum atomic E-state index is 13.1. The Morgan fingerprint density at radius 3 is 2.64 bits per heavy atom. The number of likely N-dealkylation sites (tertiary alicyclic amines) is 1. The first-order valence-electron chi connectivity index (χ1n) is 16.0. The van der Waals surface area contributed by atoms with Gasteiger partial charge < -0.3 is 19.7 Å². The number of hydrogen-bond acceptors (Lipinski definition) is 8. The standard InChI is InChI=1S/C36H39F2N5O4/c1-21-12-13-24-22(18-30(44)27-19-28(27)32(37)38)8-5-10-25(24)31(21)46-33-26(11-6-15-39-33)29-14-16-40-34(42-29)41-23-9-7-17-43(20-23)35(45)47-36(2,3)4/h5-6,8,10-16,23,27-28,32H,7,9,17-20H2,1-4H3,(H,40,41,42)/t23-,27+,28+/m0/s1. The zero-order chi connectivity index (χ0) is 33.3. The Labute approximate surface area is 272 Å². The Morgan fingerprint density at radius 2 is 1.87 bits per heavy atom. The summed E-state index contributed by atoms with van der Waals surface area (Å²) in [6.07, 6.45) is 2.55. The molecule has 0 bridgehead atoms. The van der Waals surface area contributed by atoms with Crippen LogP contribution in [0.25, 0.3) is 22.0 Å². The molecule has 0 radical (unpaired) electrons. The van der Waals surface area contributed by atoms with E-state index in [0.717, 1.165) is 34.7 Å². The molecule has 1 amide bonds. The van der Waals surface area contributed by atoms with Gasteiger partial charge in [-0.2, -0.15) is 0 Å². The molecule has 1 saturated heterocycles. The maximum absolute atomic E-state index is 13.1. The van der Waals surface area contributed by atoms with E-state index in [1.807, 2.05) is 70.2 Å². The Bertz CT molecular complexity index is 1790. The predicted molar refractivity (Wildman–Crippen MR) is 175 cm³/mol. The topological polar surface area (TPSA) is 107 Å². The minimum Gasteiger partial charge on any atom is -0.444 e. The number of halogens is 2. The highest BCUT2D eigenvalue weighted by Crippen LogP contribution is 2.45. The number of aromatic nitrogens is 3. The number of pyridine rings is 1. The SMILES string of the molecule is Cc1ccc2c(CC(=O)[C@@H]3C[C@H]3C(F)F)cccc2c1Oc1ncccc1-c1ccnc(N[C@H]2CCCN(C(=O)OC(C)(C)C)C2)n1. The van der Waals surface area contributed by atoms with Gasteiger partial charge in [-0.1, -0.05) is 30.3 Å². The number of aryl methyl sites for hydroxylation is 1. The molecule has 1 aliphatic heterocycles. The van der Waals surface area contributed by atoms with Gasteiger partial charge in [-0.3, -0.25) is 4.79 Å². The number of ketones is 1. The Balaban J connectivity index is 1.22. The van der Waals surface area contributed by atoms with Crippen molar-refractivity contribution in [2.45, 2.75) is 71.4 Å². The number of nitrogens with zero attached hydrogens (tertiary/aromatic N) is 4. The van der Waals surface area contributed by atoms with Gasteiger partial charge >= 0.3 is 6.09 Å². The van der Waals surface area contributed by atoms with Crippen LogP contribution in [0.4, 0.5) is 19.5 Å². The maximum Gasteiger partial charge on any atom is 0.410 e. The van der Waals surface area contributed by atoms with Crippen LogP contribution in [-0.2, 0) is 16.0 Å². The van der Waals surface area contributed by atoms with Crippen LogP contribution >= 0.6 is 0 Å². The predicted octanol–water partition coefficient (Wildman–Crippen LogP) is 7.62. The van der Waals surface area contributed by atoms with Crippen LogP contribution in [0.2, 0.25) is 0 Å². The van der Waals surface area contributed by atoms with Gasteiger partial charge in [0.2, 0.25) is 18.3 Å².